The molecule has 0 aliphatic heterocycles. The maximum absolute atomic E-state index is 9.18. The highest BCUT2D eigenvalue weighted by atomic mass is 32.2. The number of para-hydroxylation sites is 2. The highest BCUT2D eigenvalue weighted by Crippen LogP contribution is 2.28. The Labute approximate surface area is 118 Å². The molecule has 1 aromatic carbocycles. The van der Waals surface area contributed by atoms with E-state index in [9.17, 15) is 5.26 Å². The lowest BCUT2D eigenvalue weighted by atomic mass is 10.3. The maximum atomic E-state index is 9.18. The molecule has 0 unspecified atom stereocenters. The molecule has 5 heteroatoms. The van der Waals surface area contributed by atoms with Crippen molar-refractivity contribution in [2.75, 3.05) is 0 Å². The van der Waals surface area contributed by atoms with Gasteiger partial charge in [0.05, 0.1) is 15.9 Å². The lowest BCUT2D eigenvalue weighted by Gasteiger charge is -1.93. The molecule has 0 aliphatic carbocycles. The van der Waals surface area contributed by atoms with E-state index in [0.717, 1.165) is 21.1 Å². The van der Waals surface area contributed by atoms with Crippen molar-refractivity contribution >= 4 is 40.2 Å². The molecule has 0 atom stereocenters. The number of aromatic amines is 1. The minimum Gasteiger partial charge on any atom is -0.333 e. The van der Waals surface area contributed by atoms with Gasteiger partial charge in [0.2, 0.25) is 0 Å². The predicted molar refractivity (Wildman–Crippen MR) is 79.9 cm³/mol. The Balaban J connectivity index is 1.89. The van der Waals surface area contributed by atoms with Gasteiger partial charge in [0.15, 0.2) is 5.16 Å². The molecule has 0 spiro atoms. The second-order valence-corrected chi connectivity index (χ2v) is 5.81. The van der Waals surface area contributed by atoms with Crippen LogP contribution in [0, 0.1) is 11.3 Å². The van der Waals surface area contributed by atoms with E-state index in [1.165, 1.54) is 11.8 Å². The standard InChI is InChI=1S/C14H9N3S2/c15-9-11(8-10-4-3-7-18-10)19-14-16-12-5-1-2-6-13(12)17-14/h1-8H,(H,16,17)/b11-8+. The molecule has 1 N–H and O–H groups in total. The second-order valence-electron chi connectivity index (χ2n) is 3.80. The number of benzene rings is 1. The number of imidazole rings is 1. The topological polar surface area (TPSA) is 52.5 Å². The van der Waals surface area contributed by atoms with Crippen LogP contribution in [0.2, 0.25) is 0 Å². The minimum absolute atomic E-state index is 0.626. The largest absolute Gasteiger partial charge is 0.333 e. The molecule has 92 valence electrons. The van der Waals surface area contributed by atoms with Crippen LogP contribution >= 0.6 is 23.1 Å². The molecule has 0 saturated carbocycles. The number of thioether (sulfide) groups is 1. The van der Waals surface area contributed by atoms with E-state index in [4.69, 9.17) is 0 Å². The molecule has 0 amide bonds. The van der Waals surface area contributed by atoms with Crippen molar-refractivity contribution < 1.29 is 0 Å². The Morgan fingerprint density at radius 2 is 2.21 bits per heavy atom. The first-order valence-corrected chi connectivity index (χ1v) is 7.33. The smallest absolute Gasteiger partial charge is 0.171 e. The Morgan fingerprint density at radius 1 is 1.32 bits per heavy atom. The first-order valence-electron chi connectivity index (χ1n) is 5.63. The van der Waals surface area contributed by atoms with Crippen LogP contribution in [0.5, 0.6) is 0 Å². The summed E-state index contributed by atoms with van der Waals surface area (Å²) in [6, 6.07) is 14.0. The number of thiophene rings is 1. The summed E-state index contributed by atoms with van der Waals surface area (Å²) in [6.07, 6.45) is 1.88. The predicted octanol–water partition coefficient (Wildman–Crippen LogP) is 4.28. The Hall–Kier alpha value is -2.03. The van der Waals surface area contributed by atoms with Crippen molar-refractivity contribution in [1.82, 2.24) is 9.97 Å². The minimum atomic E-state index is 0.626. The molecule has 19 heavy (non-hydrogen) atoms. The summed E-state index contributed by atoms with van der Waals surface area (Å²) >= 11 is 2.96. The van der Waals surface area contributed by atoms with E-state index in [2.05, 4.69) is 16.0 Å². The number of allylic oxidation sites excluding steroid dienone is 1. The van der Waals surface area contributed by atoms with Gasteiger partial charge in [-0.25, -0.2) is 4.98 Å². The third-order valence-electron chi connectivity index (χ3n) is 2.50. The van der Waals surface area contributed by atoms with Crippen molar-refractivity contribution in [3.8, 4) is 6.07 Å². The van der Waals surface area contributed by atoms with Crippen molar-refractivity contribution in [3.05, 3.63) is 51.6 Å². The maximum Gasteiger partial charge on any atom is 0.171 e. The van der Waals surface area contributed by atoms with Gasteiger partial charge in [-0.2, -0.15) is 5.26 Å². The molecule has 2 aromatic heterocycles. The Kier molecular flexibility index (Phi) is 3.36. The molecular formula is C14H9N3S2. The molecule has 2 heterocycles. The van der Waals surface area contributed by atoms with Crippen LogP contribution in [0.4, 0.5) is 0 Å². The summed E-state index contributed by atoms with van der Waals surface area (Å²) < 4.78 is 0. The van der Waals surface area contributed by atoms with Crippen LogP contribution in [-0.4, -0.2) is 9.97 Å². The summed E-state index contributed by atoms with van der Waals surface area (Å²) in [5, 5.41) is 11.9. The first kappa shape index (κ1) is 12.0. The Bertz CT molecular complexity index is 730. The third kappa shape index (κ3) is 2.70. The van der Waals surface area contributed by atoms with Crippen molar-refractivity contribution in [1.29, 1.82) is 5.26 Å². The molecule has 0 fully saturated rings. The number of rotatable bonds is 3. The summed E-state index contributed by atoms with van der Waals surface area (Å²) in [6.45, 7) is 0. The number of fused-ring (bicyclic) bond motifs is 1. The van der Waals surface area contributed by atoms with Crippen molar-refractivity contribution in [2.24, 2.45) is 0 Å². The molecule has 0 aliphatic rings. The number of nitriles is 1. The Morgan fingerprint density at radius 3 is 2.95 bits per heavy atom. The van der Waals surface area contributed by atoms with E-state index in [1.54, 1.807) is 11.3 Å². The van der Waals surface area contributed by atoms with Gasteiger partial charge in [-0.1, -0.05) is 18.2 Å². The lowest BCUT2D eigenvalue weighted by molar-refractivity contribution is 1.09. The van der Waals surface area contributed by atoms with Crippen LogP contribution in [0.3, 0.4) is 0 Å². The van der Waals surface area contributed by atoms with Gasteiger partial charge in [-0.3, -0.25) is 0 Å². The van der Waals surface area contributed by atoms with E-state index >= 15 is 0 Å². The SMILES string of the molecule is N#C/C(=C\c1cccs1)Sc1nc2ccccc2[nH]1. The van der Waals surface area contributed by atoms with Crippen molar-refractivity contribution in [3.63, 3.8) is 0 Å². The summed E-state index contributed by atoms with van der Waals surface area (Å²) in [5.41, 5.74) is 1.90. The number of nitrogens with one attached hydrogen (secondary N) is 1. The number of hydrogen-bond donors (Lipinski definition) is 1. The van der Waals surface area contributed by atoms with Crippen LogP contribution in [-0.2, 0) is 0 Å². The molecule has 0 bridgehead atoms. The summed E-state index contributed by atoms with van der Waals surface area (Å²) in [7, 11) is 0. The quantitative estimate of drug-likeness (QED) is 0.576. The van der Waals surface area contributed by atoms with Gasteiger partial charge in [0, 0.05) is 4.88 Å². The fourth-order valence-electron chi connectivity index (χ4n) is 1.67. The first-order chi connectivity index (χ1) is 9.35. The molecule has 3 rings (SSSR count). The number of aromatic nitrogens is 2. The second kappa shape index (κ2) is 5.31. The van der Waals surface area contributed by atoms with Crippen LogP contribution < -0.4 is 0 Å². The number of H-pyrrole nitrogens is 1. The van der Waals surface area contributed by atoms with Crippen molar-refractivity contribution in [2.45, 2.75) is 5.16 Å². The van der Waals surface area contributed by atoms with Gasteiger partial charge < -0.3 is 4.98 Å². The molecule has 3 aromatic rings. The summed E-state index contributed by atoms with van der Waals surface area (Å²) in [4.78, 5) is 9.35. The van der Waals surface area contributed by atoms with Gasteiger partial charge >= 0.3 is 0 Å². The number of nitrogens with zero attached hydrogens (tertiary/aromatic N) is 2. The molecule has 0 saturated heterocycles. The molecular weight excluding hydrogens is 274 g/mol. The van der Waals surface area contributed by atoms with E-state index < -0.39 is 0 Å². The highest BCUT2D eigenvalue weighted by molar-refractivity contribution is 8.03. The van der Waals surface area contributed by atoms with Crippen LogP contribution in [0.15, 0.2) is 51.8 Å². The van der Waals surface area contributed by atoms with Gasteiger partial charge in [-0.15, -0.1) is 11.3 Å². The van der Waals surface area contributed by atoms with Crippen LogP contribution in [0.25, 0.3) is 17.1 Å². The van der Waals surface area contributed by atoms with Gasteiger partial charge in [-0.05, 0) is 41.4 Å². The van der Waals surface area contributed by atoms with Gasteiger partial charge in [0.1, 0.15) is 6.07 Å². The summed E-state index contributed by atoms with van der Waals surface area (Å²) in [5.74, 6) is 0. The monoisotopic (exact) mass is 283 g/mol. The fourth-order valence-corrected chi connectivity index (χ4v) is 3.15. The zero-order chi connectivity index (χ0) is 13.1. The van der Waals surface area contributed by atoms with Crippen LogP contribution in [0.1, 0.15) is 4.88 Å². The zero-order valence-corrected chi connectivity index (χ0v) is 11.5. The average molecular weight is 283 g/mol. The van der Waals surface area contributed by atoms with E-state index in [-0.39, 0.29) is 0 Å². The third-order valence-corrected chi connectivity index (χ3v) is 4.14. The molecule has 0 radical (unpaired) electrons. The highest BCUT2D eigenvalue weighted by Gasteiger charge is 2.06. The molecule has 3 nitrogen and oxygen atoms in total. The van der Waals surface area contributed by atoms with Gasteiger partial charge in [0.25, 0.3) is 0 Å². The normalized spacial score (nSPS) is 11.6. The van der Waals surface area contributed by atoms with E-state index in [0.29, 0.717) is 4.91 Å². The zero-order valence-electron chi connectivity index (χ0n) is 9.83. The van der Waals surface area contributed by atoms with E-state index in [1.807, 2.05) is 47.9 Å². The fraction of sp³-hybridized carbons (Fsp3) is 0. The number of hydrogen-bond acceptors (Lipinski definition) is 4. The lowest BCUT2D eigenvalue weighted by Crippen LogP contribution is -1.76. The average Bonchev–Trinajstić information content (AvgIpc) is 3.06.